The predicted molar refractivity (Wildman–Crippen MR) is 102 cm³/mol. The van der Waals surface area contributed by atoms with Crippen LogP contribution in [0.25, 0.3) is 10.9 Å². The molecule has 0 aliphatic carbocycles. The van der Waals surface area contributed by atoms with Crippen molar-refractivity contribution < 1.29 is 14.7 Å². The summed E-state index contributed by atoms with van der Waals surface area (Å²) in [6.45, 7) is 2.67. The van der Waals surface area contributed by atoms with E-state index in [0.717, 1.165) is 17.7 Å². The number of amides is 1. The second-order valence-corrected chi connectivity index (χ2v) is 8.20. The SMILES string of the molecule is Cc1ccc2[nH]cc(CCC(=O)NCCSSCCC(=O)O)c2c1. The van der Waals surface area contributed by atoms with Gasteiger partial charge in [-0.05, 0) is 31.0 Å². The first-order chi connectivity index (χ1) is 11.6. The van der Waals surface area contributed by atoms with Crippen molar-refractivity contribution in [2.45, 2.75) is 26.2 Å². The summed E-state index contributed by atoms with van der Waals surface area (Å²) < 4.78 is 0. The van der Waals surface area contributed by atoms with Gasteiger partial charge in [-0.15, -0.1) is 0 Å². The number of hydrogen-bond acceptors (Lipinski definition) is 4. The molecule has 7 heteroatoms. The fourth-order valence-corrected chi connectivity index (χ4v) is 4.20. The number of fused-ring (bicyclic) bond motifs is 1. The molecule has 130 valence electrons. The molecule has 0 atom stereocenters. The van der Waals surface area contributed by atoms with E-state index in [2.05, 4.69) is 35.4 Å². The van der Waals surface area contributed by atoms with E-state index in [0.29, 0.717) is 18.7 Å². The van der Waals surface area contributed by atoms with Crippen molar-refractivity contribution in [1.29, 1.82) is 0 Å². The monoisotopic (exact) mass is 366 g/mol. The number of nitrogens with one attached hydrogen (secondary N) is 2. The van der Waals surface area contributed by atoms with E-state index in [9.17, 15) is 9.59 Å². The van der Waals surface area contributed by atoms with E-state index < -0.39 is 5.97 Å². The molecular formula is C17H22N2O3S2. The van der Waals surface area contributed by atoms with Crippen LogP contribution in [0.1, 0.15) is 24.0 Å². The van der Waals surface area contributed by atoms with E-state index in [1.54, 1.807) is 10.8 Å². The Morgan fingerprint density at radius 1 is 1.21 bits per heavy atom. The van der Waals surface area contributed by atoms with Crippen molar-refractivity contribution in [2.24, 2.45) is 0 Å². The molecule has 0 fully saturated rings. The Kier molecular flexibility index (Phi) is 7.52. The quantitative estimate of drug-likeness (QED) is 0.443. The minimum absolute atomic E-state index is 0.0492. The highest BCUT2D eigenvalue weighted by Gasteiger charge is 2.07. The molecule has 0 spiro atoms. The summed E-state index contributed by atoms with van der Waals surface area (Å²) in [5, 5.41) is 12.6. The fourth-order valence-electron chi connectivity index (χ4n) is 2.31. The number of carbonyl (C=O) groups is 2. The topological polar surface area (TPSA) is 82.2 Å². The van der Waals surface area contributed by atoms with Gasteiger partial charge in [0.05, 0.1) is 6.42 Å². The summed E-state index contributed by atoms with van der Waals surface area (Å²) in [6.07, 6.45) is 3.34. The zero-order valence-corrected chi connectivity index (χ0v) is 15.3. The maximum absolute atomic E-state index is 11.9. The smallest absolute Gasteiger partial charge is 0.304 e. The molecule has 1 heterocycles. The summed E-state index contributed by atoms with van der Waals surface area (Å²) in [4.78, 5) is 25.5. The molecule has 0 aliphatic heterocycles. The average Bonchev–Trinajstić information content (AvgIpc) is 2.94. The number of carbonyl (C=O) groups excluding carboxylic acids is 1. The van der Waals surface area contributed by atoms with Crippen molar-refractivity contribution in [1.82, 2.24) is 10.3 Å². The highest BCUT2D eigenvalue weighted by atomic mass is 33.1. The largest absolute Gasteiger partial charge is 0.481 e. The molecule has 1 amide bonds. The fraction of sp³-hybridized carbons (Fsp3) is 0.412. The van der Waals surface area contributed by atoms with Crippen LogP contribution in [0.15, 0.2) is 24.4 Å². The van der Waals surface area contributed by atoms with Crippen LogP contribution in [0.5, 0.6) is 0 Å². The minimum atomic E-state index is -0.774. The predicted octanol–water partition coefficient (Wildman–Crippen LogP) is 3.38. The Bertz CT molecular complexity index is 700. The number of carboxylic acid groups (broad SMARTS) is 1. The lowest BCUT2D eigenvalue weighted by Gasteiger charge is -2.05. The van der Waals surface area contributed by atoms with Gasteiger partial charge in [-0.1, -0.05) is 33.2 Å². The molecule has 0 radical (unpaired) electrons. The number of aliphatic carboxylic acids is 1. The third-order valence-electron chi connectivity index (χ3n) is 3.53. The number of aryl methyl sites for hydroxylation is 2. The maximum Gasteiger partial charge on any atom is 0.304 e. The van der Waals surface area contributed by atoms with Gasteiger partial charge in [-0.3, -0.25) is 9.59 Å². The molecular weight excluding hydrogens is 344 g/mol. The molecule has 1 aromatic heterocycles. The van der Waals surface area contributed by atoms with Gasteiger partial charge >= 0.3 is 5.97 Å². The molecule has 2 aromatic rings. The number of hydrogen-bond donors (Lipinski definition) is 3. The van der Waals surface area contributed by atoms with Crippen molar-refractivity contribution in [2.75, 3.05) is 18.1 Å². The van der Waals surface area contributed by atoms with Crippen LogP contribution < -0.4 is 5.32 Å². The van der Waals surface area contributed by atoms with Crippen molar-refractivity contribution in [3.8, 4) is 0 Å². The van der Waals surface area contributed by atoms with Crippen molar-refractivity contribution in [3.63, 3.8) is 0 Å². The molecule has 0 unspecified atom stereocenters. The molecule has 0 saturated carbocycles. The lowest BCUT2D eigenvalue weighted by molar-refractivity contribution is -0.136. The van der Waals surface area contributed by atoms with E-state index in [1.807, 2.05) is 6.20 Å². The van der Waals surface area contributed by atoms with Gasteiger partial charge in [0, 0.05) is 41.6 Å². The molecule has 5 nitrogen and oxygen atoms in total. The summed E-state index contributed by atoms with van der Waals surface area (Å²) in [7, 11) is 3.12. The van der Waals surface area contributed by atoms with E-state index in [4.69, 9.17) is 5.11 Å². The first-order valence-corrected chi connectivity index (χ1v) is 10.3. The van der Waals surface area contributed by atoms with Crippen LogP contribution >= 0.6 is 21.6 Å². The first kappa shape index (κ1) is 18.7. The van der Waals surface area contributed by atoms with Crippen LogP contribution in [0.4, 0.5) is 0 Å². The van der Waals surface area contributed by atoms with Crippen LogP contribution in [0.2, 0.25) is 0 Å². The number of aromatic nitrogens is 1. The van der Waals surface area contributed by atoms with Crippen LogP contribution in [0, 0.1) is 6.92 Å². The lowest BCUT2D eigenvalue weighted by Crippen LogP contribution is -2.25. The molecule has 1 aromatic carbocycles. The number of aromatic amines is 1. The Balaban J connectivity index is 1.64. The maximum atomic E-state index is 11.9. The zero-order valence-electron chi connectivity index (χ0n) is 13.6. The van der Waals surface area contributed by atoms with Gasteiger partial charge in [0.1, 0.15) is 0 Å². The third-order valence-corrected chi connectivity index (χ3v) is 5.94. The third kappa shape index (κ3) is 6.13. The van der Waals surface area contributed by atoms with Gasteiger partial charge < -0.3 is 15.4 Å². The van der Waals surface area contributed by atoms with E-state index >= 15 is 0 Å². The van der Waals surface area contributed by atoms with Gasteiger partial charge in [0.15, 0.2) is 0 Å². The van der Waals surface area contributed by atoms with Crippen LogP contribution in [-0.2, 0) is 16.0 Å². The number of rotatable bonds is 10. The summed E-state index contributed by atoms with van der Waals surface area (Å²) >= 11 is 0. The molecule has 2 rings (SSSR count). The number of carboxylic acids is 1. The van der Waals surface area contributed by atoms with Crippen LogP contribution in [0.3, 0.4) is 0 Å². The van der Waals surface area contributed by atoms with E-state index in [1.165, 1.54) is 27.3 Å². The molecule has 0 saturated heterocycles. The van der Waals surface area contributed by atoms with Gasteiger partial charge in [-0.25, -0.2) is 0 Å². The zero-order chi connectivity index (χ0) is 17.4. The summed E-state index contributed by atoms with van der Waals surface area (Å²) in [5.74, 6) is 0.646. The Labute approximate surface area is 149 Å². The Hall–Kier alpha value is -1.60. The Morgan fingerprint density at radius 3 is 2.79 bits per heavy atom. The van der Waals surface area contributed by atoms with Crippen molar-refractivity contribution in [3.05, 3.63) is 35.5 Å². The number of H-pyrrole nitrogens is 1. The Morgan fingerprint density at radius 2 is 2.00 bits per heavy atom. The second kappa shape index (κ2) is 9.64. The molecule has 3 N–H and O–H groups in total. The normalized spacial score (nSPS) is 10.9. The van der Waals surface area contributed by atoms with Crippen molar-refractivity contribution >= 4 is 44.4 Å². The summed E-state index contributed by atoms with van der Waals surface area (Å²) in [5.41, 5.74) is 3.48. The second-order valence-electron chi connectivity index (χ2n) is 5.50. The first-order valence-electron chi connectivity index (χ1n) is 7.86. The number of benzene rings is 1. The standard InChI is InChI=1S/C17H22N2O3S2/c1-12-2-4-15-14(10-12)13(11-19-15)3-5-16(20)18-7-9-24-23-8-6-17(21)22/h2,4,10-11,19H,3,5-9H2,1H3,(H,18,20)(H,21,22). The molecule has 24 heavy (non-hydrogen) atoms. The van der Waals surface area contributed by atoms with Gasteiger partial charge in [0.2, 0.25) is 5.91 Å². The minimum Gasteiger partial charge on any atom is -0.481 e. The lowest BCUT2D eigenvalue weighted by atomic mass is 10.1. The summed E-state index contributed by atoms with van der Waals surface area (Å²) in [6, 6.07) is 6.28. The highest BCUT2D eigenvalue weighted by Crippen LogP contribution is 2.22. The van der Waals surface area contributed by atoms with Crippen LogP contribution in [-0.4, -0.2) is 40.0 Å². The average molecular weight is 367 g/mol. The van der Waals surface area contributed by atoms with Gasteiger partial charge in [-0.2, -0.15) is 0 Å². The molecule has 0 bridgehead atoms. The molecule has 0 aliphatic rings. The highest BCUT2D eigenvalue weighted by molar-refractivity contribution is 8.76. The van der Waals surface area contributed by atoms with Gasteiger partial charge in [0.25, 0.3) is 0 Å². The van der Waals surface area contributed by atoms with E-state index in [-0.39, 0.29) is 12.3 Å².